The van der Waals surface area contributed by atoms with Gasteiger partial charge in [0, 0.05) is 17.8 Å². The Bertz CT molecular complexity index is 1050. The summed E-state index contributed by atoms with van der Waals surface area (Å²) in [6.45, 7) is 6.07. The third-order valence-electron chi connectivity index (χ3n) is 5.13. The molecule has 1 N–H and O–H groups in total. The Hall–Kier alpha value is -3.55. The zero-order valence-electron chi connectivity index (χ0n) is 17.2. The minimum Gasteiger partial charge on any atom is -0.454 e. The Balaban J connectivity index is 1.61. The number of benzene rings is 1. The van der Waals surface area contributed by atoms with Crippen molar-refractivity contribution in [3.05, 3.63) is 57.9 Å². The van der Waals surface area contributed by atoms with Crippen LogP contribution >= 0.6 is 0 Å². The molecule has 1 aromatic carbocycles. The van der Waals surface area contributed by atoms with E-state index < -0.39 is 29.7 Å². The molecule has 30 heavy (non-hydrogen) atoms. The summed E-state index contributed by atoms with van der Waals surface area (Å²) in [5.74, 6) is -2.24. The zero-order chi connectivity index (χ0) is 22.2. The fourth-order valence-corrected chi connectivity index (χ4v) is 3.68. The highest BCUT2D eigenvalue weighted by Crippen LogP contribution is 2.23. The van der Waals surface area contributed by atoms with Crippen LogP contribution in [0.4, 0.5) is 0 Å². The van der Waals surface area contributed by atoms with Crippen molar-refractivity contribution in [2.24, 2.45) is 0 Å². The fourth-order valence-electron chi connectivity index (χ4n) is 3.68. The fraction of sp³-hybridized carbons (Fsp3) is 0.318. The molecule has 0 spiro atoms. The van der Waals surface area contributed by atoms with Gasteiger partial charge in [-0.05, 0) is 45.4 Å². The number of ether oxygens (including phenoxy) is 1. The van der Waals surface area contributed by atoms with Gasteiger partial charge < -0.3 is 9.72 Å². The van der Waals surface area contributed by atoms with E-state index in [1.807, 2.05) is 0 Å². The summed E-state index contributed by atoms with van der Waals surface area (Å²) in [5.41, 5.74) is 2.36. The number of carbonyl (C=O) groups excluding carboxylic acids is 5. The Morgan fingerprint density at radius 1 is 1.07 bits per heavy atom. The van der Waals surface area contributed by atoms with Gasteiger partial charge >= 0.3 is 5.97 Å². The lowest BCUT2D eigenvalue weighted by Crippen LogP contribution is -2.33. The van der Waals surface area contributed by atoms with Gasteiger partial charge in [0.25, 0.3) is 11.8 Å². The first-order chi connectivity index (χ1) is 14.1. The molecule has 2 heterocycles. The van der Waals surface area contributed by atoms with Crippen molar-refractivity contribution in [3.8, 4) is 0 Å². The third kappa shape index (κ3) is 3.68. The van der Waals surface area contributed by atoms with Crippen molar-refractivity contribution in [1.29, 1.82) is 0 Å². The summed E-state index contributed by atoms with van der Waals surface area (Å²) in [5, 5.41) is 0. The number of hydrogen-bond donors (Lipinski definition) is 1. The van der Waals surface area contributed by atoms with Gasteiger partial charge in [-0.3, -0.25) is 28.9 Å². The number of nitrogens with one attached hydrogen (secondary N) is 1. The van der Waals surface area contributed by atoms with Gasteiger partial charge in [0.2, 0.25) is 5.78 Å². The second-order valence-corrected chi connectivity index (χ2v) is 7.24. The summed E-state index contributed by atoms with van der Waals surface area (Å²) in [6.07, 6.45) is -1.32. The highest BCUT2D eigenvalue weighted by molar-refractivity contribution is 6.21. The maximum absolute atomic E-state index is 12.7. The lowest BCUT2D eigenvalue weighted by atomic mass is 10.0. The molecule has 2 aromatic rings. The molecular weight excluding hydrogens is 388 g/mol. The molecule has 0 unspecified atom stereocenters. The first-order valence-corrected chi connectivity index (χ1v) is 9.52. The number of imide groups is 1. The van der Waals surface area contributed by atoms with E-state index in [4.69, 9.17) is 4.74 Å². The lowest BCUT2D eigenvalue weighted by Gasteiger charge is -2.15. The molecule has 8 nitrogen and oxygen atoms in total. The van der Waals surface area contributed by atoms with Crippen LogP contribution < -0.4 is 0 Å². The number of hydrogen-bond acceptors (Lipinski definition) is 6. The molecule has 156 valence electrons. The number of amides is 2. The number of carbonyl (C=O) groups is 5. The lowest BCUT2D eigenvalue weighted by molar-refractivity contribution is -0.146. The van der Waals surface area contributed by atoms with E-state index >= 15 is 0 Å². The predicted molar refractivity (Wildman–Crippen MR) is 107 cm³/mol. The Morgan fingerprint density at radius 3 is 2.13 bits per heavy atom. The van der Waals surface area contributed by atoms with Crippen molar-refractivity contribution >= 4 is 29.4 Å². The minimum absolute atomic E-state index is 0.138. The van der Waals surface area contributed by atoms with Gasteiger partial charge in [0.05, 0.1) is 23.2 Å². The van der Waals surface area contributed by atoms with Crippen molar-refractivity contribution in [1.82, 2.24) is 9.88 Å². The minimum atomic E-state index is -1.09. The summed E-state index contributed by atoms with van der Waals surface area (Å²) in [4.78, 5) is 65.2. The molecule has 0 fully saturated rings. The highest BCUT2D eigenvalue weighted by atomic mass is 16.5. The van der Waals surface area contributed by atoms with Crippen LogP contribution in [-0.2, 0) is 9.53 Å². The summed E-state index contributed by atoms with van der Waals surface area (Å²) < 4.78 is 5.20. The molecule has 0 saturated carbocycles. The smallest absolute Gasteiger partial charge is 0.308 e. The number of ketones is 2. The quantitative estimate of drug-likeness (QED) is 0.426. The molecule has 1 aliphatic heterocycles. The standard InChI is InChI=1S/C22H22N2O6/c1-11-18(13(3)25)12(2)23-19(11)20(27)14(4)30-17(26)9-10-24-21(28)15-7-5-6-8-16(15)22(24)29/h5-8,14,23H,9-10H2,1-4H3/t14-/m0/s1. The van der Waals surface area contributed by atoms with Crippen molar-refractivity contribution in [3.63, 3.8) is 0 Å². The maximum atomic E-state index is 12.7. The number of esters is 1. The Labute approximate surface area is 173 Å². The van der Waals surface area contributed by atoms with E-state index in [-0.39, 0.29) is 24.4 Å². The largest absolute Gasteiger partial charge is 0.454 e. The van der Waals surface area contributed by atoms with Crippen LogP contribution in [0.25, 0.3) is 0 Å². The number of Topliss-reactive ketones (excluding diaryl/α,β-unsaturated/α-hetero) is 2. The Morgan fingerprint density at radius 2 is 1.63 bits per heavy atom. The topological polar surface area (TPSA) is 114 Å². The summed E-state index contributed by atoms with van der Waals surface area (Å²) >= 11 is 0. The van der Waals surface area contributed by atoms with Crippen molar-refractivity contribution in [2.75, 3.05) is 6.54 Å². The van der Waals surface area contributed by atoms with Crippen molar-refractivity contribution in [2.45, 2.75) is 40.2 Å². The van der Waals surface area contributed by atoms with Crippen LogP contribution in [0.3, 0.4) is 0 Å². The molecule has 1 aromatic heterocycles. The number of fused-ring (bicyclic) bond motifs is 1. The maximum Gasteiger partial charge on any atom is 0.308 e. The molecular formula is C22H22N2O6. The third-order valence-corrected chi connectivity index (χ3v) is 5.13. The van der Waals surface area contributed by atoms with E-state index in [2.05, 4.69) is 4.98 Å². The molecule has 0 aliphatic carbocycles. The molecule has 3 rings (SSSR count). The van der Waals surface area contributed by atoms with Crippen LogP contribution in [0.1, 0.15) is 73.1 Å². The first-order valence-electron chi connectivity index (χ1n) is 9.52. The number of aryl methyl sites for hydroxylation is 1. The van der Waals surface area contributed by atoms with Crippen LogP contribution in [-0.4, -0.2) is 51.9 Å². The summed E-state index contributed by atoms with van der Waals surface area (Å²) in [7, 11) is 0. The molecule has 0 radical (unpaired) electrons. The van der Waals surface area contributed by atoms with Gasteiger partial charge in [0.1, 0.15) is 0 Å². The van der Waals surface area contributed by atoms with Gasteiger partial charge in [0.15, 0.2) is 11.9 Å². The van der Waals surface area contributed by atoms with Crippen LogP contribution in [0, 0.1) is 13.8 Å². The number of H-pyrrole nitrogens is 1. The molecule has 1 atom stereocenters. The SMILES string of the molecule is CC(=O)c1c(C)[nH]c(C(=O)[C@H](C)OC(=O)CCN2C(=O)c3ccccc3C2=O)c1C. The van der Waals surface area contributed by atoms with Crippen LogP contribution in [0.5, 0.6) is 0 Å². The second kappa shape index (κ2) is 8.06. The van der Waals surface area contributed by atoms with E-state index in [1.165, 1.54) is 13.8 Å². The zero-order valence-corrected chi connectivity index (χ0v) is 17.2. The van der Waals surface area contributed by atoms with Gasteiger partial charge in [-0.15, -0.1) is 0 Å². The molecule has 8 heteroatoms. The average molecular weight is 410 g/mol. The molecule has 0 saturated heterocycles. The van der Waals surface area contributed by atoms with Gasteiger partial charge in [-0.25, -0.2) is 0 Å². The van der Waals surface area contributed by atoms with Gasteiger partial charge in [-0.2, -0.15) is 0 Å². The molecule has 2 amide bonds. The van der Waals surface area contributed by atoms with E-state index in [0.29, 0.717) is 27.9 Å². The molecule has 1 aliphatic rings. The van der Waals surface area contributed by atoms with E-state index in [1.54, 1.807) is 38.1 Å². The second-order valence-electron chi connectivity index (χ2n) is 7.24. The van der Waals surface area contributed by atoms with E-state index in [9.17, 15) is 24.0 Å². The van der Waals surface area contributed by atoms with Crippen LogP contribution in [0.2, 0.25) is 0 Å². The monoisotopic (exact) mass is 410 g/mol. The first kappa shape index (κ1) is 21.2. The number of aromatic amines is 1. The average Bonchev–Trinajstić information content (AvgIpc) is 3.13. The molecule has 0 bridgehead atoms. The predicted octanol–water partition coefficient (Wildman–Crippen LogP) is 2.63. The van der Waals surface area contributed by atoms with Gasteiger partial charge in [-0.1, -0.05) is 12.1 Å². The van der Waals surface area contributed by atoms with Crippen molar-refractivity contribution < 1.29 is 28.7 Å². The van der Waals surface area contributed by atoms with E-state index in [0.717, 1.165) is 4.90 Å². The highest BCUT2D eigenvalue weighted by Gasteiger charge is 2.35. The number of aromatic nitrogens is 1. The number of rotatable bonds is 7. The van der Waals surface area contributed by atoms with Crippen LogP contribution in [0.15, 0.2) is 24.3 Å². The number of nitrogens with zero attached hydrogens (tertiary/aromatic N) is 1. The normalized spacial score (nSPS) is 13.9. The Kier molecular flexibility index (Phi) is 5.69. The summed E-state index contributed by atoms with van der Waals surface area (Å²) in [6, 6.07) is 6.45.